The first kappa shape index (κ1) is 13.0. The van der Waals surface area contributed by atoms with E-state index in [1.54, 1.807) is 13.0 Å². The summed E-state index contributed by atoms with van der Waals surface area (Å²) in [6, 6.07) is 5.38. The van der Waals surface area contributed by atoms with Gasteiger partial charge in [0, 0.05) is 5.02 Å². The van der Waals surface area contributed by atoms with Crippen LogP contribution >= 0.6 is 22.9 Å². The molecule has 2 aromatic heterocycles. The van der Waals surface area contributed by atoms with Crippen molar-refractivity contribution in [2.24, 2.45) is 0 Å². The SMILES string of the molecule is Cc1noc(CC(=O)Nc2nc3ccc(Cl)cc3s2)n1. The van der Waals surface area contributed by atoms with E-state index in [1.165, 1.54) is 11.3 Å². The Bertz CT molecular complexity index is 783. The van der Waals surface area contributed by atoms with Crippen LogP contribution in [0.15, 0.2) is 22.7 Å². The van der Waals surface area contributed by atoms with Crippen molar-refractivity contribution in [1.29, 1.82) is 0 Å². The van der Waals surface area contributed by atoms with E-state index in [1.807, 2.05) is 12.1 Å². The first-order valence-corrected chi connectivity index (χ1v) is 6.95. The number of anilines is 1. The zero-order chi connectivity index (χ0) is 14.1. The molecule has 0 radical (unpaired) electrons. The Morgan fingerprint density at radius 3 is 3.05 bits per heavy atom. The van der Waals surface area contributed by atoms with E-state index in [0.29, 0.717) is 16.0 Å². The molecular weight excluding hydrogens is 300 g/mol. The van der Waals surface area contributed by atoms with Gasteiger partial charge in [-0.25, -0.2) is 4.98 Å². The van der Waals surface area contributed by atoms with E-state index < -0.39 is 0 Å². The Morgan fingerprint density at radius 2 is 2.30 bits per heavy atom. The number of thiazole rings is 1. The van der Waals surface area contributed by atoms with Crippen molar-refractivity contribution in [3.8, 4) is 0 Å². The molecule has 0 spiro atoms. The summed E-state index contributed by atoms with van der Waals surface area (Å²) in [6.45, 7) is 1.70. The molecule has 2 heterocycles. The number of amides is 1. The van der Waals surface area contributed by atoms with Gasteiger partial charge >= 0.3 is 0 Å². The topological polar surface area (TPSA) is 80.9 Å². The largest absolute Gasteiger partial charge is 0.339 e. The molecule has 0 unspecified atom stereocenters. The quantitative estimate of drug-likeness (QED) is 0.804. The van der Waals surface area contributed by atoms with Gasteiger partial charge in [0.2, 0.25) is 11.8 Å². The highest BCUT2D eigenvalue weighted by molar-refractivity contribution is 7.22. The molecule has 0 saturated carbocycles. The van der Waals surface area contributed by atoms with E-state index in [2.05, 4.69) is 20.4 Å². The zero-order valence-corrected chi connectivity index (χ0v) is 12.0. The van der Waals surface area contributed by atoms with Gasteiger partial charge in [-0.3, -0.25) is 4.79 Å². The average Bonchev–Trinajstić information content (AvgIpc) is 2.94. The maximum atomic E-state index is 11.8. The molecule has 0 atom stereocenters. The predicted molar refractivity (Wildman–Crippen MR) is 76.0 cm³/mol. The number of nitrogens with zero attached hydrogens (tertiary/aromatic N) is 3. The molecule has 1 amide bonds. The molecule has 102 valence electrons. The Kier molecular flexibility index (Phi) is 3.37. The van der Waals surface area contributed by atoms with Crippen molar-refractivity contribution >= 4 is 44.2 Å². The predicted octanol–water partition coefficient (Wildman–Crippen LogP) is 2.82. The molecule has 0 aliphatic rings. The highest BCUT2D eigenvalue weighted by atomic mass is 35.5. The Morgan fingerprint density at radius 1 is 1.45 bits per heavy atom. The summed E-state index contributed by atoms with van der Waals surface area (Å²) in [4.78, 5) is 20.1. The van der Waals surface area contributed by atoms with Gasteiger partial charge in [0.25, 0.3) is 0 Å². The van der Waals surface area contributed by atoms with Gasteiger partial charge in [-0.15, -0.1) is 0 Å². The van der Waals surface area contributed by atoms with Crippen LogP contribution in [0.2, 0.25) is 5.02 Å². The van der Waals surface area contributed by atoms with Crippen molar-refractivity contribution in [2.75, 3.05) is 5.32 Å². The maximum Gasteiger partial charge on any atom is 0.236 e. The number of hydrogen-bond acceptors (Lipinski definition) is 6. The molecular formula is C12H9ClN4O2S. The fourth-order valence-corrected chi connectivity index (χ4v) is 2.82. The summed E-state index contributed by atoms with van der Waals surface area (Å²) in [5, 5.41) is 7.49. The van der Waals surface area contributed by atoms with Crippen LogP contribution in [0.4, 0.5) is 5.13 Å². The number of halogens is 1. The van der Waals surface area contributed by atoms with E-state index in [9.17, 15) is 4.79 Å². The van der Waals surface area contributed by atoms with Crippen molar-refractivity contribution < 1.29 is 9.32 Å². The molecule has 0 aliphatic heterocycles. The summed E-state index contributed by atoms with van der Waals surface area (Å²) < 4.78 is 5.81. The number of aromatic nitrogens is 3. The van der Waals surface area contributed by atoms with Gasteiger partial charge in [-0.05, 0) is 25.1 Å². The van der Waals surface area contributed by atoms with Gasteiger partial charge in [0.05, 0.1) is 10.2 Å². The minimum Gasteiger partial charge on any atom is -0.339 e. The number of aryl methyl sites for hydroxylation is 1. The van der Waals surface area contributed by atoms with Crippen LogP contribution in [0.3, 0.4) is 0 Å². The Balaban J connectivity index is 1.73. The molecule has 3 aromatic rings. The second kappa shape index (κ2) is 5.18. The molecule has 6 nitrogen and oxygen atoms in total. The second-order valence-electron chi connectivity index (χ2n) is 4.09. The molecule has 8 heteroatoms. The molecule has 1 aromatic carbocycles. The van der Waals surface area contributed by atoms with Crippen LogP contribution in [0.5, 0.6) is 0 Å². The average molecular weight is 309 g/mol. The van der Waals surface area contributed by atoms with E-state index in [-0.39, 0.29) is 18.2 Å². The van der Waals surface area contributed by atoms with Gasteiger partial charge in [-0.2, -0.15) is 4.98 Å². The summed E-state index contributed by atoms with van der Waals surface area (Å²) in [6.07, 6.45) is 0.0253. The lowest BCUT2D eigenvalue weighted by molar-refractivity contribution is -0.115. The summed E-state index contributed by atoms with van der Waals surface area (Å²) in [5.74, 6) is 0.533. The lowest BCUT2D eigenvalue weighted by Crippen LogP contribution is -2.14. The van der Waals surface area contributed by atoms with E-state index in [0.717, 1.165) is 10.2 Å². The maximum absolute atomic E-state index is 11.8. The first-order valence-electron chi connectivity index (χ1n) is 5.75. The van der Waals surface area contributed by atoms with E-state index in [4.69, 9.17) is 16.1 Å². The third kappa shape index (κ3) is 2.78. The lowest BCUT2D eigenvalue weighted by atomic mass is 10.3. The van der Waals surface area contributed by atoms with Gasteiger partial charge in [-0.1, -0.05) is 28.1 Å². The molecule has 0 bridgehead atoms. The van der Waals surface area contributed by atoms with E-state index >= 15 is 0 Å². The van der Waals surface area contributed by atoms with Crippen LogP contribution in [0.1, 0.15) is 11.7 Å². The number of hydrogen-bond donors (Lipinski definition) is 1. The van der Waals surface area contributed by atoms with Crippen molar-refractivity contribution in [2.45, 2.75) is 13.3 Å². The second-order valence-corrected chi connectivity index (χ2v) is 5.56. The number of rotatable bonds is 3. The van der Waals surface area contributed by atoms with Gasteiger partial charge in [0.15, 0.2) is 11.0 Å². The first-order chi connectivity index (χ1) is 9.60. The third-order valence-corrected chi connectivity index (χ3v) is 3.65. The number of fused-ring (bicyclic) bond motifs is 1. The molecule has 1 N–H and O–H groups in total. The normalized spacial score (nSPS) is 10.9. The van der Waals surface area contributed by atoms with Gasteiger partial charge < -0.3 is 9.84 Å². The standard InChI is InChI=1S/C12H9ClN4O2S/c1-6-14-11(19-17-6)5-10(18)16-12-15-8-3-2-7(13)4-9(8)20-12/h2-4H,5H2,1H3,(H,15,16,18). The molecule has 20 heavy (non-hydrogen) atoms. The fraction of sp³-hybridized carbons (Fsp3) is 0.167. The minimum atomic E-state index is -0.251. The molecule has 0 aliphatic carbocycles. The number of benzene rings is 1. The highest BCUT2D eigenvalue weighted by Crippen LogP contribution is 2.28. The zero-order valence-electron chi connectivity index (χ0n) is 10.4. The molecule has 3 rings (SSSR count). The number of carbonyl (C=O) groups excluding carboxylic acids is 1. The summed E-state index contributed by atoms with van der Waals surface area (Å²) in [7, 11) is 0. The van der Waals surface area contributed by atoms with Crippen molar-refractivity contribution in [3.05, 3.63) is 34.9 Å². The van der Waals surface area contributed by atoms with Crippen LogP contribution in [-0.2, 0) is 11.2 Å². The lowest BCUT2D eigenvalue weighted by Gasteiger charge is -1.96. The van der Waals surface area contributed by atoms with Crippen LogP contribution in [0, 0.1) is 6.92 Å². The number of carbonyl (C=O) groups is 1. The van der Waals surface area contributed by atoms with Gasteiger partial charge in [0.1, 0.15) is 6.42 Å². The third-order valence-electron chi connectivity index (χ3n) is 2.48. The Labute approximate surface area is 122 Å². The van der Waals surface area contributed by atoms with Crippen molar-refractivity contribution in [3.63, 3.8) is 0 Å². The van der Waals surface area contributed by atoms with Crippen LogP contribution in [0.25, 0.3) is 10.2 Å². The Hall–Kier alpha value is -1.99. The highest BCUT2D eigenvalue weighted by Gasteiger charge is 2.12. The van der Waals surface area contributed by atoms with Crippen molar-refractivity contribution in [1.82, 2.24) is 15.1 Å². The monoisotopic (exact) mass is 308 g/mol. The fourth-order valence-electron chi connectivity index (χ4n) is 1.66. The summed E-state index contributed by atoms with van der Waals surface area (Å²) >= 11 is 7.27. The minimum absolute atomic E-state index is 0.0253. The molecule has 0 saturated heterocycles. The van der Waals surface area contributed by atoms with Crippen LogP contribution in [-0.4, -0.2) is 21.0 Å². The smallest absolute Gasteiger partial charge is 0.236 e. The number of nitrogens with one attached hydrogen (secondary N) is 1. The van der Waals surface area contributed by atoms with Crippen LogP contribution < -0.4 is 5.32 Å². The summed E-state index contributed by atoms with van der Waals surface area (Å²) in [5.41, 5.74) is 0.795. The molecule has 0 fully saturated rings.